The Morgan fingerprint density at radius 1 is 1.38 bits per heavy atom. The van der Waals surface area contributed by atoms with Gasteiger partial charge in [0.25, 0.3) is 0 Å². The van der Waals surface area contributed by atoms with Crippen molar-refractivity contribution in [1.82, 2.24) is 5.32 Å². The van der Waals surface area contributed by atoms with Gasteiger partial charge in [0, 0.05) is 19.5 Å². The minimum atomic E-state index is -0.373. The summed E-state index contributed by atoms with van der Waals surface area (Å²) in [5.41, 5.74) is 1.16. The fraction of sp³-hybridized carbons (Fsp3) is 0.500. The number of hydrogen-bond donors (Lipinski definition) is 2. The van der Waals surface area contributed by atoms with Crippen LogP contribution >= 0.6 is 0 Å². The van der Waals surface area contributed by atoms with Crippen LogP contribution in [0, 0.1) is 5.41 Å². The monoisotopic (exact) mass is 287 g/mol. The van der Waals surface area contributed by atoms with E-state index in [2.05, 4.69) is 10.6 Å². The second kappa shape index (κ2) is 5.48. The lowest BCUT2D eigenvalue weighted by molar-refractivity contribution is -0.123. The van der Waals surface area contributed by atoms with Crippen molar-refractivity contribution in [3.05, 3.63) is 24.3 Å². The highest BCUT2D eigenvalue weighted by molar-refractivity contribution is 6.03. The summed E-state index contributed by atoms with van der Waals surface area (Å²) in [4.78, 5) is 26.2. The van der Waals surface area contributed by atoms with E-state index in [1.807, 2.05) is 31.2 Å². The first-order chi connectivity index (χ1) is 10.1. The molecule has 1 aromatic rings. The number of hydrogen-bond acceptors (Lipinski definition) is 3. The number of carbonyl (C=O) groups is 2. The Bertz CT molecular complexity index is 564. The molecule has 0 bridgehead atoms. The van der Waals surface area contributed by atoms with Crippen molar-refractivity contribution in [3.63, 3.8) is 0 Å². The van der Waals surface area contributed by atoms with Gasteiger partial charge in [-0.3, -0.25) is 9.59 Å². The Labute approximate surface area is 124 Å². The highest BCUT2D eigenvalue weighted by Gasteiger charge is 2.36. The molecule has 1 aromatic carbocycles. The topological polar surface area (TPSA) is 61.4 Å². The molecule has 1 unspecified atom stereocenters. The molecule has 2 aliphatic heterocycles. The van der Waals surface area contributed by atoms with E-state index in [4.69, 9.17) is 0 Å². The van der Waals surface area contributed by atoms with E-state index in [-0.39, 0.29) is 17.2 Å². The van der Waals surface area contributed by atoms with E-state index in [1.54, 1.807) is 4.90 Å². The molecule has 2 aliphatic rings. The second-order valence-electron chi connectivity index (χ2n) is 6.11. The Balaban J connectivity index is 1.82. The van der Waals surface area contributed by atoms with Gasteiger partial charge in [-0.05, 0) is 38.4 Å². The summed E-state index contributed by atoms with van der Waals surface area (Å²) < 4.78 is 0. The lowest BCUT2D eigenvalue weighted by Gasteiger charge is -2.24. The third kappa shape index (κ3) is 2.65. The maximum absolute atomic E-state index is 12.5. The maximum atomic E-state index is 12.5. The second-order valence-corrected chi connectivity index (χ2v) is 6.11. The highest BCUT2D eigenvalue weighted by Crippen LogP contribution is 2.32. The third-order valence-corrected chi connectivity index (χ3v) is 4.43. The molecule has 0 saturated carbocycles. The minimum absolute atomic E-state index is 0.0200. The highest BCUT2D eigenvalue weighted by atomic mass is 16.2. The van der Waals surface area contributed by atoms with Gasteiger partial charge in [0.2, 0.25) is 11.8 Å². The molecule has 1 atom stereocenters. The van der Waals surface area contributed by atoms with Gasteiger partial charge in [0.15, 0.2) is 0 Å². The number of anilines is 2. The van der Waals surface area contributed by atoms with Crippen LogP contribution < -0.4 is 15.5 Å². The lowest BCUT2D eigenvalue weighted by Crippen LogP contribution is -2.36. The van der Waals surface area contributed by atoms with Gasteiger partial charge in [-0.1, -0.05) is 12.1 Å². The van der Waals surface area contributed by atoms with Crippen molar-refractivity contribution in [3.8, 4) is 0 Å². The maximum Gasteiger partial charge on any atom is 0.231 e. The number of amides is 2. The molecule has 5 heteroatoms. The molecular formula is C16H21N3O2. The number of nitrogens with zero attached hydrogens (tertiary/aromatic N) is 1. The average Bonchev–Trinajstić information content (AvgIpc) is 3.09. The lowest BCUT2D eigenvalue weighted by atomic mass is 9.88. The first-order valence-electron chi connectivity index (χ1n) is 7.52. The van der Waals surface area contributed by atoms with Gasteiger partial charge >= 0.3 is 0 Å². The zero-order valence-corrected chi connectivity index (χ0v) is 12.3. The van der Waals surface area contributed by atoms with Gasteiger partial charge in [-0.15, -0.1) is 0 Å². The SMILES string of the molecule is CC1(C(=O)Nc2ccccc2N2CCCC2=O)CCNC1. The first kappa shape index (κ1) is 14.1. The molecule has 0 aliphatic carbocycles. The normalized spacial score (nSPS) is 25.4. The van der Waals surface area contributed by atoms with Crippen LogP contribution in [-0.2, 0) is 9.59 Å². The smallest absolute Gasteiger partial charge is 0.231 e. The fourth-order valence-corrected chi connectivity index (χ4v) is 3.00. The minimum Gasteiger partial charge on any atom is -0.324 e. The fourth-order valence-electron chi connectivity index (χ4n) is 3.00. The van der Waals surface area contributed by atoms with E-state index >= 15 is 0 Å². The van der Waals surface area contributed by atoms with Crippen molar-refractivity contribution < 1.29 is 9.59 Å². The molecule has 5 nitrogen and oxygen atoms in total. The van der Waals surface area contributed by atoms with Crippen molar-refractivity contribution in [2.24, 2.45) is 5.41 Å². The van der Waals surface area contributed by atoms with Gasteiger partial charge < -0.3 is 15.5 Å². The molecule has 2 amide bonds. The van der Waals surface area contributed by atoms with Crippen LogP contribution in [-0.4, -0.2) is 31.4 Å². The quantitative estimate of drug-likeness (QED) is 0.890. The van der Waals surface area contributed by atoms with Gasteiger partial charge in [0.1, 0.15) is 0 Å². The van der Waals surface area contributed by atoms with Crippen LogP contribution in [0.3, 0.4) is 0 Å². The van der Waals surface area contributed by atoms with Crippen LogP contribution in [0.15, 0.2) is 24.3 Å². The van der Waals surface area contributed by atoms with Crippen molar-refractivity contribution >= 4 is 23.2 Å². The number of para-hydroxylation sites is 2. The molecule has 21 heavy (non-hydrogen) atoms. The predicted octanol–water partition coefficient (Wildman–Crippen LogP) is 1.75. The van der Waals surface area contributed by atoms with Crippen LogP contribution in [0.1, 0.15) is 26.2 Å². The van der Waals surface area contributed by atoms with E-state index in [0.717, 1.165) is 37.3 Å². The summed E-state index contributed by atoms with van der Waals surface area (Å²) in [6.07, 6.45) is 2.30. The summed E-state index contributed by atoms with van der Waals surface area (Å²) in [7, 11) is 0. The number of nitrogens with one attached hydrogen (secondary N) is 2. The van der Waals surface area contributed by atoms with Crippen molar-refractivity contribution in [2.75, 3.05) is 29.9 Å². The molecule has 2 saturated heterocycles. The zero-order valence-electron chi connectivity index (χ0n) is 12.3. The number of benzene rings is 1. The largest absolute Gasteiger partial charge is 0.324 e. The molecule has 0 aromatic heterocycles. The molecule has 0 spiro atoms. The molecule has 2 heterocycles. The Morgan fingerprint density at radius 3 is 2.86 bits per heavy atom. The van der Waals surface area contributed by atoms with Gasteiger partial charge in [0.05, 0.1) is 16.8 Å². The number of rotatable bonds is 3. The molecule has 2 fully saturated rings. The van der Waals surface area contributed by atoms with Crippen LogP contribution in [0.2, 0.25) is 0 Å². The Hall–Kier alpha value is -1.88. The van der Waals surface area contributed by atoms with Crippen molar-refractivity contribution in [2.45, 2.75) is 26.2 Å². The zero-order chi connectivity index (χ0) is 14.9. The summed E-state index contributed by atoms with van der Waals surface area (Å²) in [5.74, 6) is 0.150. The number of carbonyl (C=O) groups excluding carboxylic acids is 2. The summed E-state index contributed by atoms with van der Waals surface area (Å²) in [6.45, 7) is 4.27. The van der Waals surface area contributed by atoms with Gasteiger partial charge in [-0.2, -0.15) is 0 Å². The molecule has 112 valence electrons. The van der Waals surface area contributed by atoms with Gasteiger partial charge in [-0.25, -0.2) is 0 Å². The van der Waals surface area contributed by atoms with Crippen molar-refractivity contribution in [1.29, 1.82) is 0 Å². The van der Waals surface area contributed by atoms with E-state index < -0.39 is 0 Å². The predicted molar refractivity (Wildman–Crippen MR) is 82.3 cm³/mol. The van der Waals surface area contributed by atoms with E-state index in [0.29, 0.717) is 13.0 Å². The molecule has 3 rings (SSSR count). The summed E-state index contributed by atoms with van der Waals surface area (Å²) in [6, 6.07) is 7.54. The third-order valence-electron chi connectivity index (χ3n) is 4.43. The van der Waals surface area contributed by atoms with Crippen LogP contribution in [0.25, 0.3) is 0 Å². The van der Waals surface area contributed by atoms with E-state index in [1.165, 1.54) is 0 Å². The standard InChI is InChI=1S/C16H21N3O2/c1-16(8-9-17-11-16)15(21)18-12-5-2-3-6-13(12)19-10-4-7-14(19)20/h2-3,5-6,17H,4,7-11H2,1H3,(H,18,21). The Morgan fingerprint density at radius 2 is 2.19 bits per heavy atom. The average molecular weight is 287 g/mol. The first-order valence-corrected chi connectivity index (χ1v) is 7.52. The van der Waals surface area contributed by atoms with E-state index in [9.17, 15) is 9.59 Å². The van der Waals surface area contributed by atoms with Crippen LogP contribution in [0.4, 0.5) is 11.4 Å². The molecular weight excluding hydrogens is 266 g/mol. The Kier molecular flexibility index (Phi) is 3.68. The van der Waals surface area contributed by atoms with Crippen LogP contribution in [0.5, 0.6) is 0 Å². The summed E-state index contributed by atoms with van der Waals surface area (Å²) >= 11 is 0. The molecule has 0 radical (unpaired) electrons. The molecule has 2 N–H and O–H groups in total. The summed E-state index contributed by atoms with van der Waals surface area (Å²) in [5, 5.41) is 6.25.